The maximum absolute atomic E-state index is 12.0. The lowest BCUT2D eigenvalue weighted by Gasteiger charge is -2.18. The van der Waals surface area contributed by atoms with Crippen LogP contribution in [0, 0.1) is 13.8 Å². The zero-order valence-corrected chi connectivity index (χ0v) is 13.9. The SMILES string of the molecule is Cc1cccc(C)c1OCCNC(=O)N(C)Cc1ccncc1. The molecule has 0 bridgehead atoms. The summed E-state index contributed by atoms with van der Waals surface area (Å²) in [5.74, 6) is 0.895. The number of nitrogens with zero attached hydrogens (tertiary/aromatic N) is 2. The number of rotatable bonds is 6. The number of para-hydroxylation sites is 1. The minimum Gasteiger partial charge on any atom is -0.491 e. The van der Waals surface area contributed by atoms with Crippen molar-refractivity contribution in [3.8, 4) is 5.75 Å². The monoisotopic (exact) mass is 313 g/mol. The van der Waals surface area contributed by atoms with Crippen LogP contribution in [0.2, 0.25) is 0 Å². The third kappa shape index (κ3) is 4.98. The van der Waals surface area contributed by atoms with Gasteiger partial charge >= 0.3 is 6.03 Å². The number of pyridine rings is 1. The summed E-state index contributed by atoms with van der Waals surface area (Å²) >= 11 is 0. The third-order valence-electron chi connectivity index (χ3n) is 3.55. The van der Waals surface area contributed by atoms with Gasteiger partial charge in [-0.3, -0.25) is 4.98 Å². The number of aryl methyl sites for hydroxylation is 2. The van der Waals surface area contributed by atoms with E-state index < -0.39 is 0 Å². The highest BCUT2D eigenvalue weighted by Gasteiger charge is 2.09. The van der Waals surface area contributed by atoms with Gasteiger partial charge in [0.25, 0.3) is 0 Å². The van der Waals surface area contributed by atoms with Gasteiger partial charge in [0.1, 0.15) is 12.4 Å². The lowest BCUT2D eigenvalue weighted by Crippen LogP contribution is -2.38. The van der Waals surface area contributed by atoms with Crippen molar-refractivity contribution in [1.82, 2.24) is 15.2 Å². The highest BCUT2D eigenvalue weighted by atomic mass is 16.5. The van der Waals surface area contributed by atoms with Crippen molar-refractivity contribution in [2.24, 2.45) is 0 Å². The van der Waals surface area contributed by atoms with Crippen molar-refractivity contribution in [2.75, 3.05) is 20.2 Å². The van der Waals surface area contributed by atoms with E-state index in [4.69, 9.17) is 4.74 Å². The zero-order chi connectivity index (χ0) is 16.7. The number of ether oxygens (including phenoxy) is 1. The fraction of sp³-hybridized carbons (Fsp3) is 0.333. The van der Waals surface area contributed by atoms with Crippen LogP contribution in [0.25, 0.3) is 0 Å². The number of hydrogen-bond donors (Lipinski definition) is 1. The van der Waals surface area contributed by atoms with Crippen LogP contribution < -0.4 is 10.1 Å². The Labute approximate surface area is 137 Å². The molecular formula is C18H23N3O2. The summed E-state index contributed by atoms with van der Waals surface area (Å²) in [7, 11) is 1.77. The second kappa shape index (κ2) is 8.17. The molecule has 2 rings (SSSR count). The molecule has 0 aliphatic carbocycles. The first-order valence-electron chi connectivity index (χ1n) is 7.65. The van der Waals surface area contributed by atoms with Crippen molar-refractivity contribution in [3.05, 3.63) is 59.4 Å². The van der Waals surface area contributed by atoms with Gasteiger partial charge in [0.15, 0.2) is 0 Å². The van der Waals surface area contributed by atoms with Crippen molar-refractivity contribution >= 4 is 6.03 Å². The summed E-state index contributed by atoms with van der Waals surface area (Å²) in [6, 6.07) is 9.72. The highest BCUT2D eigenvalue weighted by molar-refractivity contribution is 5.73. The molecule has 0 aliphatic rings. The lowest BCUT2D eigenvalue weighted by molar-refractivity contribution is 0.203. The number of carbonyl (C=O) groups is 1. The molecule has 1 aromatic carbocycles. The van der Waals surface area contributed by atoms with Crippen LogP contribution in [0.15, 0.2) is 42.7 Å². The minimum absolute atomic E-state index is 0.119. The molecule has 122 valence electrons. The van der Waals surface area contributed by atoms with Crippen LogP contribution in [0.3, 0.4) is 0 Å². The Morgan fingerprint density at radius 2 is 1.83 bits per heavy atom. The van der Waals surface area contributed by atoms with Gasteiger partial charge in [0.05, 0.1) is 6.54 Å². The van der Waals surface area contributed by atoms with E-state index in [0.717, 1.165) is 22.4 Å². The fourth-order valence-corrected chi connectivity index (χ4v) is 2.31. The summed E-state index contributed by atoms with van der Waals surface area (Å²) in [6.07, 6.45) is 3.44. The Morgan fingerprint density at radius 3 is 2.48 bits per heavy atom. The molecule has 5 heteroatoms. The zero-order valence-electron chi connectivity index (χ0n) is 13.9. The van der Waals surface area contributed by atoms with E-state index >= 15 is 0 Å². The Balaban J connectivity index is 1.74. The maximum atomic E-state index is 12.0. The second-order valence-electron chi connectivity index (χ2n) is 5.51. The second-order valence-corrected chi connectivity index (χ2v) is 5.51. The van der Waals surface area contributed by atoms with Crippen LogP contribution >= 0.6 is 0 Å². The molecule has 0 radical (unpaired) electrons. The van der Waals surface area contributed by atoms with E-state index in [1.165, 1.54) is 0 Å². The van der Waals surface area contributed by atoms with Crippen LogP contribution in [0.5, 0.6) is 5.75 Å². The smallest absolute Gasteiger partial charge is 0.317 e. The average molecular weight is 313 g/mol. The molecule has 0 unspecified atom stereocenters. The van der Waals surface area contributed by atoms with Crippen molar-refractivity contribution < 1.29 is 9.53 Å². The average Bonchev–Trinajstić information content (AvgIpc) is 2.54. The lowest BCUT2D eigenvalue weighted by atomic mass is 10.1. The molecule has 1 heterocycles. The molecule has 0 spiro atoms. The number of carbonyl (C=O) groups excluding carboxylic acids is 1. The summed E-state index contributed by atoms with van der Waals surface area (Å²) in [6.45, 7) is 5.49. The van der Waals surface area contributed by atoms with Crippen LogP contribution in [0.1, 0.15) is 16.7 Å². The predicted octanol–water partition coefficient (Wildman–Crippen LogP) is 2.92. The summed E-state index contributed by atoms with van der Waals surface area (Å²) in [5, 5.41) is 2.86. The largest absolute Gasteiger partial charge is 0.491 e. The van der Waals surface area contributed by atoms with Gasteiger partial charge in [-0.25, -0.2) is 4.79 Å². The van der Waals surface area contributed by atoms with Crippen molar-refractivity contribution in [2.45, 2.75) is 20.4 Å². The first-order valence-corrected chi connectivity index (χ1v) is 7.65. The van der Waals surface area contributed by atoms with Gasteiger partial charge < -0.3 is 15.0 Å². The van der Waals surface area contributed by atoms with Gasteiger partial charge in [0.2, 0.25) is 0 Å². The number of benzene rings is 1. The number of amides is 2. The van der Waals surface area contributed by atoms with Gasteiger partial charge in [-0.15, -0.1) is 0 Å². The van der Waals surface area contributed by atoms with Gasteiger partial charge in [-0.2, -0.15) is 0 Å². The van der Waals surface area contributed by atoms with Gasteiger partial charge in [-0.1, -0.05) is 18.2 Å². The Morgan fingerprint density at radius 1 is 1.17 bits per heavy atom. The number of hydrogen-bond acceptors (Lipinski definition) is 3. The molecule has 2 aromatic rings. The standard InChI is InChI=1S/C18H23N3O2/c1-14-5-4-6-15(2)17(14)23-12-11-20-18(22)21(3)13-16-7-9-19-10-8-16/h4-10H,11-13H2,1-3H3,(H,20,22). The van der Waals surface area contributed by atoms with Crippen molar-refractivity contribution in [1.29, 1.82) is 0 Å². The Bertz CT molecular complexity index is 624. The van der Waals surface area contributed by atoms with Crippen LogP contribution in [-0.2, 0) is 6.54 Å². The number of aromatic nitrogens is 1. The normalized spacial score (nSPS) is 10.2. The van der Waals surface area contributed by atoms with E-state index in [2.05, 4.69) is 10.3 Å². The molecule has 0 saturated carbocycles. The highest BCUT2D eigenvalue weighted by Crippen LogP contribution is 2.21. The minimum atomic E-state index is -0.119. The molecule has 0 fully saturated rings. The summed E-state index contributed by atoms with van der Waals surface area (Å²) in [4.78, 5) is 17.6. The molecule has 5 nitrogen and oxygen atoms in total. The summed E-state index contributed by atoms with van der Waals surface area (Å²) in [5.41, 5.74) is 3.25. The third-order valence-corrected chi connectivity index (χ3v) is 3.55. The molecule has 1 aromatic heterocycles. The molecule has 23 heavy (non-hydrogen) atoms. The number of urea groups is 1. The van der Waals surface area contributed by atoms with E-state index in [9.17, 15) is 4.79 Å². The fourth-order valence-electron chi connectivity index (χ4n) is 2.31. The quantitative estimate of drug-likeness (QED) is 0.834. The Kier molecular flexibility index (Phi) is 5.97. The molecule has 0 aliphatic heterocycles. The maximum Gasteiger partial charge on any atom is 0.317 e. The summed E-state index contributed by atoms with van der Waals surface area (Å²) < 4.78 is 5.77. The first-order chi connectivity index (χ1) is 11.1. The molecular weight excluding hydrogens is 290 g/mol. The van der Waals surface area contributed by atoms with E-state index in [0.29, 0.717) is 19.7 Å². The van der Waals surface area contributed by atoms with Gasteiger partial charge in [0, 0.05) is 26.0 Å². The first kappa shape index (κ1) is 16.8. The predicted molar refractivity (Wildman–Crippen MR) is 90.5 cm³/mol. The topological polar surface area (TPSA) is 54.5 Å². The molecule has 0 saturated heterocycles. The van der Waals surface area contributed by atoms with Crippen molar-refractivity contribution in [3.63, 3.8) is 0 Å². The Hall–Kier alpha value is -2.56. The van der Waals surface area contributed by atoms with E-state index in [1.807, 2.05) is 44.2 Å². The van der Waals surface area contributed by atoms with Gasteiger partial charge in [-0.05, 0) is 42.7 Å². The van der Waals surface area contributed by atoms with Crippen LogP contribution in [-0.4, -0.2) is 36.1 Å². The molecule has 2 amide bonds. The van der Waals surface area contributed by atoms with E-state index in [-0.39, 0.29) is 6.03 Å². The van der Waals surface area contributed by atoms with E-state index in [1.54, 1.807) is 24.3 Å². The van der Waals surface area contributed by atoms with Crippen LogP contribution in [0.4, 0.5) is 4.79 Å². The molecule has 1 N–H and O–H groups in total. The number of nitrogens with one attached hydrogen (secondary N) is 1. The molecule has 0 atom stereocenters.